The number of nitrogens with zero attached hydrogens (tertiary/aromatic N) is 3. The smallest absolute Gasteiger partial charge is 0.174 e. The Hall–Kier alpha value is -3.44. The number of para-hydroxylation sites is 1. The molecule has 1 fully saturated rings. The Morgan fingerprint density at radius 1 is 0.853 bits per heavy atom. The van der Waals surface area contributed by atoms with Gasteiger partial charge in [0, 0.05) is 23.3 Å². The number of rotatable bonds is 4. The fourth-order valence-electron chi connectivity index (χ4n) is 5.32. The van der Waals surface area contributed by atoms with Gasteiger partial charge < -0.3 is 14.8 Å². The van der Waals surface area contributed by atoms with Gasteiger partial charge in [0.15, 0.2) is 5.11 Å². The average Bonchev–Trinajstić information content (AvgIpc) is 3.30. The SMILES string of the molecule is Cc1cccc(N2C(=S)NC(c3ccccn3)C2c2cc(C)n(-c3c(C)cccc3C)c2C)c1. The van der Waals surface area contributed by atoms with Gasteiger partial charge in [-0.25, -0.2) is 0 Å². The van der Waals surface area contributed by atoms with Gasteiger partial charge in [-0.05, 0) is 99.4 Å². The fraction of sp³-hybridized carbons (Fsp3) is 0.241. The van der Waals surface area contributed by atoms with Crippen molar-refractivity contribution < 1.29 is 0 Å². The molecule has 0 spiro atoms. The monoisotopic (exact) mass is 466 g/mol. The highest BCUT2D eigenvalue weighted by Gasteiger charge is 2.42. The summed E-state index contributed by atoms with van der Waals surface area (Å²) in [6.45, 7) is 10.9. The third-order valence-corrected chi connectivity index (χ3v) is 7.14. The largest absolute Gasteiger partial charge is 0.351 e. The number of hydrogen-bond acceptors (Lipinski definition) is 2. The molecule has 1 N–H and O–H groups in total. The summed E-state index contributed by atoms with van der Waals surface area (Å²) in [6.07, 6.45) is 1.85. The maximum absolute atomic E-state index is 5.92. The van der Waals surface area contributed by atoms with Gasteiger partial charge in [0.05, 0.1) is 23.5 Å². The predicted molar refractivity (Wildman–Crippen MR) is 144 cm³/mol. The second-order valence-electron chi connectivity index (χ2n) is 9.24. The number of nitrogens with one attached hydrogen (secondary N) is 1. The molecule has 2 atom stereocenters. The Kier molecular flexibility index (Phi) is 5.74. The van der Waals surface area contributed by atoms with Crippen molar-refractivity contribution in [3.63, 3.8) is 0 Å². The first-order valence-corrected chi connectivity index (χ1v) is 12.1. The quantitative estimate of drug-likeness (QED) is 0.344. The first-order valence-electron chi connectivity index (χ1n) is 11.7. The molecule has 1 aliphatic heterocycles. The van der Waals surface area contributed by atoms with Gasteiger partial charge in [-0.3, -0.25) is 4.98 Å². The number of pyridine rings is 1. The Morgan fingerprint density at radius 2 is 1.59 bits per heavy atom. The van der Waals surface area contributed by atoms with Gasteiger partial charge in [0.25, 0.3) is 0 Å². The molecule has 2 unspecified atom stereocenters. The van der Waals surface area contributed by atoms with Crippen LogP contribution in [0.25, 0.3) is 5.69 Å². The topological polar surface area (TPSA) is 33.1 Å². The van der Waals surface area contributed by atoms with E-state index in [2.05, 4.69) is 104 Å². The van der Waals surface area contributed by atoms with E-state index < -0.39 is 0 Å². The van der Waals surface area contributed by atoms with E-state index in [9.17, 15) is 0 Å². The third kappa shape index (κ3) is 3.70. The molecular weight excluding hydrogens is 436 g/mol. The van der Waals surface area contributed by atoms with Gasteiger partial charge in [-0.1, -0.05) is 36.4 Å². The van der Waals surface area contributed by atoms with Crippen molar-refractivity contribution in [3.05, 3.63) is 112 Å². The maximum Gasteiger partial charge on any atom is 0.174 e. The summed E-state index contributed by atoms with van der Waals surface area (Å²) in [4.78, 5) is 6.97. The molecule has 1 aliphatic rings. The molecule has 172 valence electrons. The molecule has 0 radical (unpaired) electrons. The lowest BCUT2D eigenvalue weighted by Crippen LogP contribution is -2.29. The summed E-state index contributed by atoms with van der Waals surface area (Å²) >= 11 is 5.92. The summed E-state index contributed by atoms with van der Waals surface area (Å²) in [7, 11) is 0. The molecule has 0 bridgehead atoms. The van der Waals surface area contributed by atoms with Gasteiger partial charge in [-0.2, -0.15) is 0 Å². The van der Waals surface area contributed by atoms with Crippen molar-refractivity contribution in [2.45, 2.75) is 46.7 Å². The van der Waals surface area contributed by atoms with E-state index in [1.54, 1.807) is 0 Å². The van der Waals surface area contributed by atoms with Crippen molar-refractivity contribution in [2.75, 3.05) is 4.90 Å². The standard InChI is InChI=1S/C29H30N4S/c1-18-10-8-13-23(16-18)33-28(26(31-29(33)34)25-14-6-7-15-30-25)24-17-21(4)32(22(24)5)27-19(2)11-9-12-20(27)3/h6-17,26,28H,1-5H3,(H,31,34). The van der Waals surface area contributed by atoms with Crippen molar-refractivity contribution in [1.29, 1.82) is 0 Å². The number of thiocarbonyl (C=S) groups is 1. The van der Waals surface area contributed by atoms with Crippen LogP contribution >= 0.6 is 12.2 Å². The normalized spacial score (nSPS) is 17.8. The molecule has 1 saturated heterocycles. The van der Waals surface area contributed by atoms with Crippen molar-refractivity contribution in [3.8, 4) is 5.69 Å². The van der Waals surface area contributed by atoms with Crippen LogP contribution in [0.4, 0.5) is 5.69 Å². The molecule has 0 amide bonds. The minimum atomic E-state index is -0.0545. The van der Waals surface area contributed by atoms with Crippen molar-refractivity contribution in [2.24, 2.45) is 0 Å². The van der Waals surface area contributed by atoms with Gasteiger partial charge in [0.2, 0.25) is 0 Å². The van der Waals surface area contributed by atoms with E-state index in [1.807, 2.05) is 18.3 Å². The molecule has 5 heteroatoms. The zero-order valence-corrected chi connectivity index (χ0v) is 21.1. The van der Waals surface area contributed by atoms with Crippen LogP contribution in [-0.2, 0) is 0 Å². The average molecular weight is 467 g/mol. The van der Waals surface area contributed by atoms with Gasteiger partial charge in [-0.15, -0.1) is 0 Å². The van der Waals surface area contributed by atoms with Crippen LogP contribution in [0.2, 0.25) is 0 Å². The first-order chi connectivity index (χ1) is 16.4. The van der Waals surface area contributed by atoms with Crippen molar-refractivity contribution in [1.82, 2.24) is 14.9 Å². The molecular formula is C29H30N4S. The highest BCUT2D eigenvalue weighted by molar-refractivity contribution is 7.80. The van der Waals surface area contributed by atoms with Crippen LogP contribution in [0.15, 0.2) is 72.9 Å². The molecule has 0 saturated carbocycles. The molecule has 2 aromatic heterocycles. The van der Waals surface area contributed by atoms with Crippen LogP contribution in [0.5, 0.6) is 0 Å². The number of aromatic nitrogens is 2. The number of hydrogen-bond donors (Lipinski definition) is 1. The lowest BCUT2D eigenvalue weighted by Gasteiger charge is -2.28. The first kappa shape index (κ1) is 22.4. The van der Waals surface area contributed by atoms with Gasteiger partial charge >= 0.3 is 0 Å². The highest BCUT2D eigenvalue weighted by Crippen LogP contribution is 2.44. The lowest BCUT2D eigenvalue weighted by molar-refractivity contribution is 0.565. The van der Waals surface area contributed by atoms with E-state index in [-0.39, 0.29) is 12.1 Å². The minimum Gasteiger partial charge on any atom is -0.351 e. The third-order valence-electron chi connectivity index (χ3n) is 6.83. The summed E-state index contributed by atoms with van der Waals surface area (Å²) in [6, 6.07) is 23.4. The van der Waals surface area contributed by atoms with E-state index in [4.69, 9.17) is 17.2 Å². The Morgan fingerprint density at radius 3 is 2.26 bits per heavy atom. The van der Waals surface area contributed by atoms with E-state index in [1.165, 1.54) is 39.3 Å². The van der Waals surface area contributed by atoms with E-state index >= 15 is 0 Å². The molecule has 34 heavy (non-hydrogen) atoms. The van der Waals surface area contributed by atoms with E-state index in [0.717, 1.165) is 16.5 Å². The predicted octanol–water partition coefficient (Wildman–Crippen LogP) is 6.59. The molecule has 2 aromatic carbocycles. The molecule has 4 aromatic rings. The minimum absolute atomic E-state index is 0.0199. The summed E-state index contributed by atoms with van der Waals surface area (Å²) in [5.41, 5.74) is 10.8. The molecule has 5 rings (SSSR count). The number of anilines is 1. The Labute approximate surface area is 207 Å². The Bertz CT molecular complexity index is 1350. The number of benzene rings is 2. The number of aryl methyl sites for hydroxylation is 4. The zero-order chi connectivity index (χ0) is 24.0. The van der Waals surface area contributed by atoms with Crippen molar-refractivity contribution >= 4 is 23.0 Å². The maximum atomic E-state index is 5.92. The molecule has 3 heterocycles. The van der Waals surface area contributed by atoms with Gasteiger partial charge in [0.1, 0.15) is 0 Å². The van der Waals surface area contributed by atoms with Crippen LogP contribution in [-0.4, -0.2) is 14.7 Å². The van der Waals surface area contributed by atoms with Crippen LogP contribution in [0.1, 0.15) is 51.4 Å². The molecule has 0 aliphatic carbocycles. The summed E-state index contributed by atoms with van der Waals surface area (Å²) in [5.74, 6) is 0. The van der Waals surface area contributed by atoms with Crippen LogP contribution in [0, 0.1) is 34.6 Å². The van der Waals surface area contributed by atoms with Crippen LogP contribution < -0.4 is 10.2 Å². The van der Waals surface area contributed by atoms with Crippen LogP contribution in [0.3, 0.4) is 0 Å². The summed E-state index contributed by atoms with van der Waals surface area (Å²) < 4.78 is 2.39. The highest BCUT2D eigenvalue weighted by atomic mass is 32.1. The Balaban J connectivity index is 1.72. The van der Waals surface area contributed by atoms with E-state index in [0.29, 0.717) is 0 Å². The zero-order valence-electron chi connectivity index (χ0n) is 20.3. The second-order valence-corrected chi connectivity index (χ2v) is 9.62. The molecule has 4 nitrogen and oxygen atoms in total. The fourth-order valence-corrected chi connectivity index (χ4v) is 5.66. The summed E-state index contributed by atoms with van der Waals surface area (Å²) in [5, 5.41) is 4.32. The lowest BCUT2D eigenvalue weighted by atomic mass is 9.96. The second kappa shape index (κ2) is 8.73.